The Kier molecular flexibility index (Phi) is 3.48. The summed E-state index contributed by atoms with van der Waals surface area (Å²) in [4.78, 5) is 27.5. The SMILES string of the molecule is NC(=O)CN1CCCN(C(=O)C2CC3CC3C2)CC1. The van der Waals surface area contributed by atoms with Gasteiger partial charge in [0, 0.05) is 32.1 Å². The molecule has 2 amide bonds. The highest BCUT2D eigenvalue weighted by atomic mass is 16.2. The van der Waals surface area contributed by atoms with Crippen molar-refractivity contribution in [3.63, 3.8) is 0 Å². The molecule has 0 radical (unpaired) electrons. The van der Waals surface area contributed by atoms with Crippen LogP contribution in [-0.2, 0) is 9.59 Å². The molecule has 5 heteroatoms. The summed E-state index contributed by atoms with van der Waals surface area (Å²) in [7, 11) is 0. The number of fused-ring (bicyclic) bond motifs is 1. The summed E-state index contributed by atoms with van der Waals surface area (Å²) in [5.41, 5.74) is 5.23. The van der Waals surface area contributed by atoms with Crippen LogP contribution in [0.1, 0.15) is 25.7 Å². The molecule has 0 aromatic carbocycles. The van der Waals surface area contributed by atoms with E-state index in [4.69, 9.17) is 5.73 Å². The normalized spacial score (nSPS) is 34.7. The highest BCUT2D eigenvalue weighted by Crippen LogP contribution is 2.54. The monoisotopic (exact) mass is 265 g/mol. The molecule has 0 spiro atoms. The van der Waals surface area contributed by atoms with Crippen LogP contribution in [-0.4, -0.2) is 54.3 Å². The lowest BCUT2D eigenvalue weighted by molar-refractivity contribution is -0.135. The number of primary amides is 1. The first kappa shape index (κ1) is 12.9. The van der Waals surface area contributed by atoms with Crippen LogP contribution in [0.5, 0.6) is 0 Å². The quantitative estimate of drug-likeness (QED) is 0.784. The molecule has 2 saturated carbocycles. The molecule has 3 fully saturated rings. The van der Waals surface area contributed by atoms with Crippen molar-refractivity contribution in [1.29, 1.82) is 0 Å². The van der Waals surface area contributed by atoms with Crippen molar-refractivity contribution in [2.24, 2.45) is 23.5 Å². The molecule has 1 heterocycles. The third kappa shape index (κ3) is 2.91. The predicted octanol–water partition coefficient (Wildman–Crippen LogP) is 0.0521. The lowest BCUT2D eigenvalue weighted by atomic mass is 10.0. The minimum Gasteiger partial charge on any atom is -0.369 e. The van der Waals surface area contributed by atoms with Crippen LogP contribution in [0.3, 0.4) is 0 Å². The smallest absolute Gasteiger partial charge is 0.231 e. The molecule has 3 aliphatic rings. The van der Waals surface area contributed by atoms with Crippen LogP contribution < -0.4 is 5.73 Å². The molecule has 2 aliphatic carbocycles. The number of rotatable bonds is 3. The van der Waals surface area contributed by atoms with E-state index in [1.807, 2.05) is 4.90 Å². The van der Waals surface area contributed by atoms with E-state index in [0.717, 1.165) is 57.3 Å². The van der Waals surface area contributed by atoms with Gasteiger partial charge in [0.05, 0.1) is 6.54 Å². The number of carbonyl (C=O) groups excluding carboxylic acids is 2. The Balaban J connectivity index is 1.51. The summed E-state index contributed by atoms with van der Waals surface area (Å²) in [5, 5.41) is 0. The summed E-state index contributed by atoms with van der Waals surface area (Å²) >= 11 is 0. The Labute approximate surface area is 114 Å². The van der Waals surface area contributed by atoms with Crippen molar-refractivity contribution in [3.8, 4) is 0 Å². The summed E-state index contributed by atoms with van der Waals surface area (Å²) in [6.45, 7) is 3.53. The molecule has 1 saturated heterocycles. The van der Waals surface area contributed by atoms with Crippen LogP contribution in [0.25, 0.3) is 0 Å². The van der Waals surface area contributed by atoms with Crippen LogP contribution >= 0.6 is 0 Å². The second kappa shape index (κ2) is 5.12. The van der Waals surface area contributed by atoms with E-state index >= 15 is 0 Å². The number of carbonyl (C=O) groups is 2. The molecule has 2 atom stereocenters. The Morgan fingerprint density at radius 2 is 1.74 bits per heavy atom. The topological polar surface area (TPSA) is 66.6 Å². The van der Waals surface area contributed by atoms with Gasteiger partial charge >= 0.3 is 0 Å². The first-order chi connectivity index (χ1) is 9.13. The molecule has 1 aliphatic heterocycles. The second-order valence-electron chi connectivity index (χ2n) is 6.35. The van der Waals surface area contributed by atoms with E-state index in [1.54, 1.807) is 0 Å². The molecule has 106 valence electrons. The minimum atomic E-state index is -0.282. The van der Waals surface area contributed by atoms with Crippen LogP contribution in [0.15, 0.2) is 0 Å². The average molecular weight is 265 g/mol. The zero-order valence-electron chi connectivity index (χ0n) is 11.4. The summed E-state index contributed by atoms with van der Waals surface area (Å²) in [6, 6.07) is 0. The lowest BCUT2D eigenvalue weighted by Crippen LogP contribution is -2.40. The Hall–Kier alpha value is -1.10. The Bertz CT molecular complexity index is 375. The first-order valence-electron chi connectivity index (χ1n) is 7.43. The predicted molar refractivity (Wildman–Crippen MR) is 71.2 cm³/mol. The maximum absolute atomic E-state index is 12.5. The van der Waals surface area contributed by atoms with Gasteiger partial charge in [-0.25, -0.2) is 0 Å². The van der Waals surface area contributed by atoms with Gasteiger partial charge in [-0.05, 0) is 37.5 Å². The van der Waals surface area contributed by atoms with Crippen molar-refractivity contribution < 1.29 is 9.59 Å². The van der Waals surface area contributed by atoms with Gasteiger partial charge in [0.1, 0.15) is 0 Å². The van der Waals surface area contributed by atoms with Gasteiger partial charge in [-0.3, -0.25) is 14.5 Å². The molecule has 5 nitrogen and oxygen atoms in total. The maximum atomic E-state index is 12.5. The largest absolute Gasteiger partial charge is 0.369 e. The van der Waals surface area contributed by atoms with Crippen LogP contribution in [0.2, 0.25) is 0 Å². The van der Waals surface area contributed by atoms with Crippen molar-refractivity contribution >= 4 is 11.8 Å². The molecular weight excluding hydrogens is 242 g/mol. The third-order valence-corrected chi connectivity index (χ3v) is 4.87. The molecule has 19 heavy (non-hydrogen) atoms. The van der Waals surface area contributed by atoms with Gasteiger partial charge in [-0.1, -0.05) is 0 Å². The van der Waals surface area contributed by atoms with Gasteiger partial charge in [0.25, 0.3) is 0 Å². The van der Waals surface area contributed by atoms with Crippen molar-refractivity contribution in [2.75, 3.05) is 32.7 Å². The van der Waals surface area contributed by atoms with Crippen LogP contribution in [0, 0.1) is 17.8 Å². The van der Waals surface area contributed by atoms with Crippen molar-refractivity contribution in [2.45, 2.75) is 25.7 Å². The number of amides is 2. The summed E-state index contributed by atoms with van der Waals surface area (Å²) in [6.07, 6.45) is 4.53. The van der Waals surface area contributed by atoms with Gasteiger partial charge < -0.3 is 10.6 Å². The number of nitrogens with two attached hydrogens (primary N) is 1. The van der Waals surface area contributed by atoms with Gasteiger partial charge in [-0.15, -0.1) is 0 Å². The third-order valence-electron chi connectivity index (χ3n) is 4.87. The fraction of sp³-hybridized carbons (Fsp3) is 0.857. The Morgan fingerprint density at radius 1 is 1.00 bits per heavy atom. The lowest BCUT2D eigenvalue weighted by Gasteiger charge is -2.25. The van der Waals surface area contributed by atoms with Gasteiger partial charge in [-0.2, -0.15) is 0 Å². The Morgan fingerprint density at radius 3 is 2.42 bits per heavy atom. The zero-order valence-corrected chi connectivity index (χ0v) is 11.4. The fourth-order valence-corrected chi connectivity index (χ4v) is 3.74. The fourth-order valence-electron chi connectivity index (χ4n) is 3.74. The van der Waals surface area contributed by atoms with E-state index in [1.165, 1.54) is 6.42 Å². The van der Waals surface area contributed by atoms with Crippen molar-refractivity contribution in [1.82, 2.24) is 9.80 Å². The van der Waals surface area contributed by atoms with E-state index in [0.29, 0.717) is 12.5 Å². The summed E-state index contributed by atoms with van der Waals surface area (Å²) in [5.74, 6) is 2.06. The summed E-state index contributed by atoms with van der Waals surface area (Å²) < 4.78 is 0. The van der Waals surface area contributed by atoms with E-state index in [9.17, 15) is 9.59 Å². The van der Waals surface area contributed by atoms with E-state index in [2.05, 4.69) is 4.90 Å². The molecular formula is C14H23N3O2. The van der Waals surface area contributed by atoms with Crippen molar-refractivity contribution in [3.05, 3.63) is 0 Å². The number of nitrogens with zero attached hydrogens (tertiary/aromatic N) is 2. The van der Waals surface area contributed by atoms with Gasteiger partial charge in [0.2, 0.25) is 11.8 Å². The molecule has 0 aromatic heterocycles. The average Bonchev–Trinajstić information content (AvgIpc) is 3.05. The maximum Gasteiger partial charge on any atom is 0.231 e. The zero-order chi connectivity index (χ0) is 13.4. The first-order valence-corrected chi connectivity index (χ1v) is 7.43. The highest BCUT2D eigenvalue weighted by Gasteiger charge is 2.48. The second-order valence-corrected chi connectivity index (χ2v) is 6.35. The highest BCUT2D eigenvalue weighted by molar-refractivity contribution is 5.79. The standard InChI is InChI=1S/C14H23N3O2/c15-13(18)9-16-2-1-3-17(5-4-16)14(19)12-7-10-6-11(10)8-12/h10-12H,1-9H2,(H2,15,18). The number of hydrogen-bond donors (Lipinski definition) is 1. The minimum absolute atomic E-state index is 0.282. The van der Waals surface area contributed by atoms with E-state index < -0.39 is 0 Å². The van der Waals surface area contributed by atoms with Gasteiger partial charge in [0.15, 0.2) is 0 Å². The molecule has 0 bridgehead atoms. The molecule has 0 aromatic rings. The van der Waals surface area contributed by atoms with E-state index in [-0.39, 0.29) is 11.8 Å². The number of hydrogen-bond acceptors (Lipinski definition) is 3. The molecule has 2 N–H and O–H groups in total. The molecule has 2 unspecified atom stereocenters. The van der Waals surface area contributed by atoms with Crippen LogP contribution in [0.4, 0.5) is 0 Å². The molecule has 3 rings (SSSR count).